The van der Waals surface area contributed by atoms with E-state index in [9.17, 15) is 14.2 Å². The molecule has 104 valence electrons. The molecule has 0 aliphatic carbocycles. The summed E-state index contributed by atoms with van der Waals surface area (Å²) >= 11 is 0. The van der Waals surface area contributed by atoms with Crippen molar-refractivity contribution in [2.45, 2.75) is 19.3 Å². The first-order valence-electron chi connectivity index (χ1n) is 5.47. The van der Waals surface area contributed by atoms with Gasteiger partial charge in [0, 0.05) is 11.8 Å². The van der Waals surface area contributed by atoms with Crippen LogP contribution in [-0.2, 0) is 9.30 Å². The summed E-state index contributed by atoms with van der Waals surface area (Å²) in [5, 5.41) is 0. The molecule has 1 aromatic rings. The first-order chi connectivity index (χ1) is 8.76. The number of aromatic amines is 1. The third-order valence-corrected chi connectivity index (χ3v) is 3.48. The standard InChI is InChI=1S/C10H13N2O6P/c1-6-4-12(10(14)11-9(6)13)8-3-2-7(18-8)5-19(15,16)17/h2-4,7-8H,5H2,1H3,(H,11,13,14)(H2,15,16,17)/t7-,8+/m0/s1. The van der Waals surface area contributed by atoms with Crippen molar-refractivity contribution in [2.75, 3.05) is 6.16 Å². The summed E-state index contributed by atoms with van der Waals surface area (Å²) in [6.45, 7) is 1.54. The maximum atomic E-state index is 11.6. The van der Waals surface area contributed by atoms with Gasteiger partial charge in [0.1, 0.15) is 0 Å². The number of hydrogen-bond donors (Lipinski definition) is 3. The van der Waals surface area contributed by atoms with Crippen LogP contribution in [0.3, 0.4) is 0 Å². The van der Waals surface area contributed by atoms with Crippen molar-refractivity contribution in [1.29, 1.82) is 0 Å². The molecule has 1 aromatic heterocycles. The zero-order chi connectivity index (χ0) is 14.2. The molecular formula is C10H13N2O6P. The number of nitrogens with zero attached hydrogens (tertiary/aromatic N) is 1. The molecule has 2 rings (SSSR count). The fourth-order valence-electron chi connectivity index (χ4n) is 1.76. The molecule has 0 saturated heterocycles. The van der Waals surface area contributed by atoms with Crippen LogP contribution in [0, 0.1) is 6.92 Å². The Labute approximate surface area is 107 Å². The molecule has 0 fully saturated rings. The van der Waals surface area contributed by atoms with E-state index in [4.69, 9.17) is 14.5 Å². The highest BCUT2D eigenvalue weighted by Crippen LogP contribution is 2.38. The average molecular weight is 288 g/mol. The SMILES string of the molecule is Cc1cn([C@H]2C=C[C@@H](CP(=O)(O)O)O2)c(=O)[nH]c1=O. The van der Waals surface area contributed by atoms with E-state index in [0.717, 1.165) is 4.57 Å². The Hall–Kier alpha value is -1.47. The number of nitrogens with one attached hydrogen (secondary N) is 1. The summed E-state index contributed by atoms with van der Waals surface area (Å²) in [6.07, 6.45) is 2.35. The Morgan fingerprint density at radius 3 is 2.74 bits per heavy atom. The van der Waals surface area contributed by atoms with Gasteiger partial charge in [-0.15, -0.1) is 0 Å². The minimum atomic E-state index is -4.18. The number of aryl methyl sites for hydroxylation is 1. The first-order valence-corrected chi connectivity index (χ1v) is 7.26. The van der Waals surface area contributed by atoms with Crippen LogP contribution in [0.25, 0.3) is 0 Å². The van der Waals surface area contributed by atoms with Gasteiger partial charge in [0.25, 0.3) is 5.56 Å². The molecule has 0 saturated carbocycles. The van der Waals surface area contributed by atoms with Crippen molar-refractivity contribution < 1.29 is 19.1 Å². The van der Waals surface area contributed by atoms with Crippen LogP contribution in [-0.4, -0.2) is 31.6 Å². The first kappa shape index (κ1) is 14.0. The van der Waals surface area contributed by atoms with Crippen molar-refractivity contribution in [2.24, 2.45) is 0 Å². The molecule has 0 amide bonds. The minimum Gasteiger partial charge on any atom is -0.346 e. The molecule has 0 aromatic carbocycles. The summed E-state index contributed by atoms with van der Waals surface area (Å²) < 4.78 is 17.4. The molecular weight excluding hydrogens is 275 g/mol. The quantitative estimate of drug-likeness (QED) is 0.508. The van der Waals surface area contributed by atoms with E-state index in [-0.39, 0.29) is 0 Å². The third-order valence-electron chi connectivity index (χ3n) is 2.64. The van der Waals surface area contributed by atoms with Gasteiger partial charge in [-0.1, -0.05) is 6.08 Å². The lowest BCUT2D eigenvalue weighted by Crippen LogP contribution is -2.33. The van der Waals surface area contributed by atoms with Crippen LogP contribution < -0.4 is 11.2 Å². The van der Waals surface area contributed by atoms with Gasteiger partial charge in [-0.25, -0.2) is 4.79 Å². The van der Waals surface area contributed by atoms with Gasteiger partial charge in [-0.05, 0) is 13.0 Å². The Kier molecular flexibility index (Phi) is 3.60. The lowest BCUT2D eigenvalue weighted by atomic mass is 10.3. The Bertz CT molecular complexity index is 669. The second-order valence-electron chi connectivity index (χ2n) is 4.28. The highest BCUT2D eigenvalue weighted by molar-refractivity contribution is 7.51. The summed E-state index contributed by atoms with van der Waals surface area (Å²) in [5.41, 5.74) is -0.771. The Morgan fingerprint density at radius 1 is 1.42 bits per heavy atom. The highest BCUT2D eigenvalue weighted by Gasteiger charge is 2.27. The maximum absolute atomic E-state index is 11.6. The molecule has 19 heavy (non-hydrogen) atoms. The topological polar surface area (TPSA) is 122 Å². The van der Waals surface area contributed by atoms with E-state index in [0.29, 0.717) is 5.56 Å². The fraction of sp³-hybridized carbons (Fsp3) is 0.400. The van der Waals surface area contributed by atoms with Crippen molar-refractivity contribution in [3.63, 3.8) is 0 Å². The van der Waals surface area contributed by atoms with Crippen LogP contribution in [0.2, 0.25) is 0 Å². The van der Waals surface area contributed by atoms with Crippen LogP contribution in [0.15, 0.2) is 27.9 Å². The highest BCUT2D eigenvalue weighted by atomic mass is 31.2. The predicted octanol–water partition coefficient (Wildman–Crippen LogP) is -0.524. The molecule has 2 heterocycles. The van der Waals surface area contributed by atoms with Gasteiger partial charge in [-0.3, -0.25) is 18.9 Å². The lowest BCUT2D eigenvalue weighted by Gasteiger charge is -2.16. The summed E-state index contributed by atoms with van der Waals surface area (Å²) in [6, 6.07) is 0. The number of H-pyrrole nitrogens is 1. The van der Waals surface area contributed by atoms with Crippen molar-refractivity contribution in [3.05, 3.63) is 44.8 Å². The second-order valence-corrected chi connectivity index (χ2v) is 5.97. The normalized spacial score (nSPS) is 22.9. The van der Waals surface area contributed by atoms with Gasteiger partial charge in [0.05, 0.1) is 12.3 Å². The number of ether oxygens (including phenoxy) is 1. The predicted molar refractivity (Wildman–Crippen MR) is 66.0 cm³/mol. The van der Waals surface area contributed by atoms with Gasteiger partial charge in [0.2, 0.25) is 0 Å². The van der Waals surface area contributed by atoms with Gasteiger partial charge < -0.3 is 14.5 Å². The second kappa shape index (κ2) is 4.90. The van der Waals surface area contributed by atoms with E-state index in [2.05, 4.69) is 4.98 Å². The smallest absolute Gasteiger partial charge is 0.330 e. The van der Waals surface area contributed by atoms with Gasteiger partial charge in [-0.2, -0.15) is 0 Å². The molecule has 8 nitrogen and oxygen atoms in total. The molecule has 1 aliphatic heterocycles. The third kappa shape index (κ3) is 3.30. The van der Waals surface area contributed by atoms with Crippen LogP contribution in [0.5, 0.6) is 0 Å². The monoisotopic (exact) mass is 288 g/mol. The molecule has 0 radical (unpaired) electrons. The average Bonchev–Trinajstić information content (AvgIpc) is 2.69. The molecule has 2 atom stereocenters. The van der Waals surface area contributed by atoms with E-state index in [1.807, 2.05) is 0 Å². The molecule has 0 spiro atoms. The Morgan fingerprint density at radius 2 is 2.11 bits per heavy atom. The number of hydrogen-bond acceptors (Lipinski definition) is 4. The van der Waals surface area contributed by atoms with Crippen molar-refractivity contribution in [3.8, 4) is 0 Å². The molecule has 9 heteroatoms. The molecule has 1 aliphatic rings. The molecule has 0 unspecified atom stereocenters. The summed E-state index contributed by atoms with van der Waals surface area (Å²) in [4.78, 5) is 42.7. The number of rotatable bonds is 3. The zero-order valence-electron chi connectivity index (χ0n) is 10.0. The zero-order valence-corrected chi connectivity index (χ0v) is 10.9. The summed E-state index contributed by atoms with van der Waals surface area (Å²) in [5.74, 6) is 0. The van der Waals surface area contributed by atoms with Crippen LogP contribution in [0.1, 0.15) is 11.8 Å². The largest absolute Gasteiger partial charge is 0.346 e. The fourth-order valence-corrected chi connectivity index (χ4v) is 2.44. The summed E-state index contributed by atoms with van der Waals surface area (Å²) in [7, 11) is -4.18. The van der Waals surface area contributed by atoms with Crippen LogP contribution >= 0.6 is 7.60 Å². The number of aromatic nitrogens is 2. The molecule has 0 bridgehead atoms. The van der Waals surface area contributed by atoms with Gasteiger partial charge >= 0.3 is 13.3 Å². The van der Waals surface area contributed by atoms with E-state index < -0.39 is 37.3 Å². The Balaban J connectivity index is 2.21. The van der Waals surface area contributed by atoms with E-state index in [1.54, 1.807) is 6.92 Å². The molecule has 3 N–H and O–H groups in total. The maximum Gasteiger partial charge on any atom is 0.330 e. The van der Waals surface area contributed by atoms with Crippen molar-refractivity contribution in [1.82, 2.24) is 9.55 Å². The van der Waals surface area contributed by atoms with Crippen LogP contribution in [0.4, 0.5) is 0 Å². The van der Waals surface area contributed by atoms with Gasteiger partial charge in [0.15, 0.2) is 6.23 Å². The van der Waals surface area contributed by atoms with E-state index in [1.165, 1.54) is 18.3 Å². The lowest BCUT2D eigenvalue weighted by molar-refractivity contribution is 0.0239. The van der Waals surface area contributed by atoms with Crippen molar-refractivity contribution >= 4 is 7.60 Å². The minimum absolute atomic E-state index is 0.343. The van der Waals surface area contributed by atoms with E-state index >= 15 is 0 Å².